The Bertz CT molecular complexity index is 665. The van der Waals surface area contributed by atoms with E-state index in [1.165, 1.54) is 6.07 Å². The predicted molar refractivity (Wildman–Crippen MR) is 72.9 cm³/mol. The quantitative estimate of drug-likeness (QED) is 0.736. The van der Waals surface area contributed by atoms with Crippen LogP contribution in [0.3, 0.4) is 0 Å². The van der Waals surface area contributed by atoms with E-state index >= 15 is 0 Å². The Morgan fingerprint density at radius 2 is 2.16 bits per heavy atom. The molecule has 0 fully saturated rings. The van der Waals surface area contributed by atoms with Gasteiger partial charge in [-0.3, -0.25) is 5.10 Å². The number of rotatable bonds is 4. The summed E-state index contributed by atoms with van der Waals surface area (Å²) in [6, 6.07) is 4.48. The van der Waals surface area contributed by atoms with Gasteiger partial charge in [-0.25, -0.2) is 13.1 Å². The van der Waals surface area contributed by atoms with Crippen LogP contribution in [0.1, 0.15) is 24.1 Å². The number of aromatic amines is 1. The zero-order chi connectivity index (χ0) is 14.0. The second-order valence-corrected chi connectivity index (χ2v) is 6.10. The average molecular weight is 280 g/mol. The van der Waals surface area contributed by atoms with Gasteiger partial charge in [0.05, 0.1) is 11.9 Å². The van der Waals surface area contributed by atoms with Gasteiger partial charge in [-0.2, -0.15) is 5.10 Å². The fourth-order valence-corrected chi connectivity index (χ4v) is 3.12. The van der Waals surface area contributed by atoms with Gasteiger partial charge in [0, 0.05) is 17.8 Å². The van der Waals surface area contributed by atoms with Crippen molar-refractivity contribution in [2.45, 2.75) is 24.8 Å². The van der Waals surface area contributed by atoms with E-state index in [0.717, 1.165) is 11.1 Å². The molecule has 1 unspecified atom stereocenters. The third kappa shape index (κ3) is 2.94. The Morgan fingerprint density at radius 3 is 2.74 bits per heavy atom. The van der Waals surface area contributed by atoms with Gasteiger partial charge in [-0.05, 0) is 31.5 Å². The minimum atomic E-state index is -3.65. The topological polar surface area (TPSA) is 101 Å². The fourth-order valence-electron chi connectivity index (χ4n) is 1.77. The number of H-pyrrole nitrogens is 1. The van der Waals surface area contributed by atoms with E-state index in [-0.39, 0.29) is 16.6 Å². The van der Waals surface area contributed by atoms with Crippen LogP contribution in [0.5, 0.6) is 0 Å². The van der Waals surface area contributed by atoms with E-state index in [0.29, 0.717) is 0 Å². The van der Waals surface area contributed by atoms with E-state index in [2.05, 4.69) is 14.9 Å². The third-order valence-electron chi connectivity index (χ3n) is 2.81. The first kappa shape index (κ1) is 13.6. The van der Waals surface area contributed by atoms with E-state index in [4.69, 9.17) is 5.73 Å². The fraction of sp³-hybridized carbons (Fsp3) is 0.250. The van der Waals surface area contributed by atoms with Crippen LogP contribution in [0.25, 0.3) is 0 Å². The minimum absolute atomic E-state index is 0.0912. The first-order chi connectivity index (χ1) is 8.90. The number of aromatic nitrogens is 2. The molecule has 1 aromatic heterocycles. The summed E-state index contributed by atoms with van der Waals surface area (Å²) in [5, 5.41) is 6.44. The summed E-state index contributed by atoms with van der Waals surface area (Å²) in [6.45, 7) is 3.60. The predicted octanol–water partition coefficient (Wildman–Crippen LogP) is 1.34. The Hall–Kier alpha value is -1.86. The van der Waals surface area contributed by atoms with Crippen LogP contribution in [0.4, 0.5) is 5.69 Å². The lowest BCUT2D eigenvalue weighted by atomic mass is 10.2. The lowest BCUT2D eigenvalue weighted by Crippen LogP contribution is -2.27. The standard InChI is InChI=1S/C12H16N4O2S/c1-8-3-4-12(11(13)5-8)19(17,18)16-9(2)10-6-14-15-7-10/h3-7,9,16H,13H2,1-2H3,(H,14,15). The van der Waals surface area contributed by atoms with Crippen molar-refractivity contribution in [3.05, 3.63) is 41.7 Å². The van der Waals surface area contributed by atoms with Crippen LogP contribution in [-0.4, -0.2) is 18.6 Å². The van der Waals surface area contributed by atoms with Gasteiger partial charge in [0.2, 0.25) is 10.0 Å². The first-order valence-electron chi connectivity index (χ1n) is 5.77. The summed E-state index contributed by atoms with van der Waals surface area (Å²) in [7, 11) is -3.65. The molecule has 7 heteroatoms. The smallest absolute Gasteiger partial charge is 0.243 e. The molecule has 6 nitrogen and oxygen atoms in total. The van der Waals surface area contributed by atoms with Crippen LogP contribution in [0, 0.1) is 6.92 Å². The first-order valence-corrected chi connectivity index (χ1v) is 7.25. The second-order valence-electron chi connectivity index (χ2n) is 4.42. The highest BCUT2D eigenvalue weighted by Gasteiger charge is 2.21. The van der Waals surface area contributed by atoms with E-state index < -0.39 is 10.0 Å². The molecular weight excluding hydrogens is 264 g/mol. The number of anilines is 1. The van der Waals surface area contributed by atoms with Gasteiger partial charge in [0.25, 0.3) is 0 Å². The molecule has 0 aliphatic heterocycles. The molecule has 2 aromatic rings. The molecule has 2 rings (SSSR count). The Kier molecular flexibility index (Phi) is 3.59. The Morgan fingerprint density at radius 1 is 1.42 bits per heavy atom. The molecule has 1 aromatic carbocycles. The van der Waals surface area contributed by atoms with Crippen molar-refractivity contribution in [2.24, 2.45) is 0 Å². The minimum Gasteiger partial charge on any atom is -0.398 e. The highest BCUT2D eigenvalue weighted by molar-refractivity contribution is 7.89. The van der Waals surface area contributed by atoms with Gasteiger partial charge < -0.3 is 5.73 Å². The van der Waals surface area contributed by atoms with Crippen molar-refractivity contribution in [1.29, 1.82) is 0 Å². The number of hydrogen-bond acceptors (Lipinski definition) is 4. The maximum Gasteiger partial charge on any atom is 0.243 e. The van der Waals surface area contributed by atoms with E-state index in [1.807, 2.05) is 6.92 Å². The molecule has 102 valence electrons. The average Bonchev–Trinajstić information content (AvgIpc) is 2.80. The lowest BCUT2D eigenvalue weighted by molar-refractivity contribution is 0.567. The highest BCUT2D eigenvalue weighted by atomic mass is 32.2. The monoisotopic (exact) mass is 280 g/mol. The molecule has 19 heavy (non-hydrogen) atoms. The van der Waals surface area contributed by atoms with Gasteiger partial charge in [-0.1, -0.05) is 6.07 Å². The van der Waals surface area contributed by atoms with Gasteiger partial charge >= 0.3 is 0 Å². The largest absolute Gasteiger partial charge is 0.398 e. The zero-order valence-corrected chi connectivity index (χ0v) is 11.5. The highest BCUT2D eigenvalue weighted by Crippen LogP contribution is 2.21. The maximum absolute atomic E-state index is 12.2. The van der Waals surface area contributed by atoms with Crippen molar-refractivity contribution in [3.8, 4) is 0 Å². The molecule has 0 amide bonds. The van der Waals surface area contributed by atoms with Crippen molar-refractivity contribution in [3.63, 3.8) is 0 Å². The normalized spacial score (nSPS) is 13.4. The lowest BCUT2D eigenvalue weighted by Gasteiger charge is -2.14. The van der Waals surface area contributed by atoms with Gasteiger partial charge in [0.1, 0.15) is 4.90 Å². The number of nitrogens with two attached hydrogens (primary N) is 1. The number of nitrogen functional groups attached to an aromatic ring is 1. The summed E-state index contributed by atoms with van der Waals surface area (Å²) in [6.07, 6.45) is 3.22. The molecule has 0 saturated heterocycles. The van der Waals surface area contributed by atoms with Gasteiger partial charge in [-0.15, -0.1) is 0 Å². The van der Waals surface area contributed by atoms with Crippen molar-refractivity contribution >= 4 is 15.7 Å². The zero-order valence-electron chi connectivity index (χ0n) is 10.7. The maximum atomic E-state index is 12.2. The summed E-state index contributed by atoms with van der Waals surface area (Å²) < 4.78 is 27.1. The Balaban J connectivity index is 2.28. The van der Waals surface area contributed by atoms with Crippen molar-refractivity contribution in [1.82, 2.24) is 14.9 Å². The van der Waals surface area contributed by atoms with Gasteiger partial charge in [0.15, 0.2) is 0 Å². The van der Waals surface area contributed by atoms with E-state index in [9.17, 15) is 8.42 Å². The number of hydrogen-bond donors (Lipinski definition) is 3. The SMILES string of the molecule is Cc1ccc(S(=O)(=O)NC(C)c2cn[nH]c2)c(N)c1. The van der Waals surface area contributed by atoms with E-state index in [1.54, 1.807) is 31.5 Å². The molecule has 4 N–H and O–H groups in total. The molecule has 0 bridgehead atoms. The van der Waals surface area contributed by atoms with Crippen LogP contribution in [0.2, 0.25) is 0 Å². The third-order valence-corrected chi connectivity index (χ3v) is 4.42. The molecule has 0 aliphatic rings. The van der Waals surface area contributed by atoms with Crippen LogP contribution in [-0.2, 0) is 10.0 Å². The molecule has 0 aliphatic carbocycles. The Labute approximate surface area is 112 Å². The molecule has 1 atom stereocenters. The number of nitrogens with one attached hydrogen (secondary N) is 2. The summed E-state index contributed by atoms with van der Waals surface area (Å²) in [5.74, 6) is 0. The van der Waals surface area contributed by atoms with Crippen LogP contribution in [0.15, 0.2) is 35.5 Å². The second kappa shape index (κ2) is 5.02. The van der Waals surface area contributed by atoms with Crippen molar-refractivity contribution in [2.75, 3.05) is 5.73 Å². The van der Waals surface area contributed by atoms with Crippen molar-refractivity contribution < 1.29 is 8.42 Å². The number of nitrogens with zero attached hydrogens (tertiary/aromatic N) is 1. The number of aryl methyl sites for hydroxylation is 1. The van der Waals surface area contributed by atoms with Crippen LogP contribution >= 0.6 is 0 Å². The molecular formula is C12H16N4O2S. The molecule has 0 radical (unpaired) electrons. The molecule has 0 saturated carbocycles. The van der Waals surface area contributed by atoms with Crippen LogP contribution < -0.4 is 10.5 Å². The summed E-state index contributed by atoms with van der Waals surface area (Å²) in [5.41, 5.74) is 7.68. The summed E-state index contributed by atoms with van der Waals surface area (Å²) >= 11 is 0. The number of benzene rings is 1. The summed E-state index contributed by atoms with van der Waals surface area (Å²) in [4.78, 5) is 0.0912. The molecule has 1 heterocycles. The molecule has 0 spiro atoms. The number of sulfonamides is 1.